The molecule has 0 saturated carbocycles. The maximum atomic E-state index is 6.49. The van der Waals surface area contributed by atoms with E-state index < -0.39 is 0 Å². The van der Waals surface area contributed by atoms with Crippen molar-refractivity contribution in [1.82, 2.24) is 0 Å². The maximum Gasteiger partial charge on any atom is 0.228 e. The zero-order valence-electron chi connectivity index (χ0n) is 14.5. The molecular weight excluding hydrogens is 322 g/mol. The predicted molar refractivity (Wildman–Crippen MR) is 103 cm³/mol. The number of aromatic nitrogens is 1. The van der Waals surface area contributed by atoms with Crippen LogP contribution in [0.5, 0.6) is 11.5 Å². The lowest BCUT2D eigenvalue weighted by Gasteiger charge is -2.21. The lowest BCUT2D eigenvalue weighted by molar-refractivity contribution is -0.659. The van der Waals surface area contributed by atoms with Crippen LogP contribution in [-0.2, 0) is 7.05 Å². The number of fused-ring (bicyclic) bond motifs is 6. The zero-order chi connectivity index (χ0) is 17.4. The van der Waals surface area contributed by atoms with E-state index in [2.05, 4.69) is 49.0 Å². The standard InChI is InChI=1S/C23H16NO2/c1-13-6-5-9-17-19(13)22-20-14(10-11-24(22)2)12-18-21(23(20)26-17)15-7-3-4-8-16(15)25-18/h3-12H,1-2H3/q+1. The van der Waals surface area contributed by atoms with Gasteiger partial charge in [-0.3, -0.25) is 0 Å². The van der Waals surface area contributed by atoms with Crippen LogP contribution in [0.3, 0.4) is 0 Å². The SMILES string of the molecule is Cc1cccc2c1-c1c3c(c4c(cc3cc[n+]1C)oc1ccccc14)O2. The molecule has 1 aliphatic rings. The molecule has 3 heterocycles. The first-order chi connectivity index (χ1) is 12.7. The molecular formula is C23H16NO2+. The van der Waals surface area contributed by atoms with Gasteiger partial charge in [-0.25, -0.2) is 4.57 Å². The van der Waals surface area contributed by atoms with Crippen LogP contribution in [0.2, 0.25) is 0 Å². The van der Waals surface area contributed by atoms with Gasteiger partial charge in [-0.1, -0.05) is 30.3 Å². The van der Waals surface area contributed by atoms with Crippen molar-refractivity contribution < 1.29 is 13.7 Å². The summed E-state index contributed by atoms with van der Waals surface area (Å²) >= 11 is 0. The Morgan fingerprint density at radius 1 is 0.885 bits per heavy atom. The van der Waals surface area contributed by atoms with Crippen molar-refractivity contribution in [3.05, 3.63) is 66.4 Å². The molecule has 3 heteroatoms. The van der Waals surface area contributed by atoms with E-state index in [-0.39, 0.29) is 0 Å². The van der Waals surface area contributed by atoms with Crippen LogP contribution in [0.15, 0.2) is 65.2 Å². The second-order valence-electron chi connectivity index (χ2n) is 6.97. The van der Waals surface area contributed by atoms with E-state index in [9.17, 15) is 0 Å². The van der Waals surface area contributed by atoms with Crippen LogP contribution in [0.1, 0.15) is 5.56 Å². The maximum absolute atomic E-state index is 6.49. The van der Waals surface area contributed by atoms with Gasteiger partial charge in [0.1, 0.15) is 24.0 Å². The predicted octanol–water partition coefficient (Wildman–Crippen LogP) is 5.64. The minimum atomic E-state index is 0.865. The van der Waals surface area contributed by atoms with Crippen LogP contribution in [0, 0.1) is 6.92 Å². The molecule has 0 saturated heterocycles. The van der Waals surface area contributed by atoms with Crippen molar-refractivity contribution in [3.8, 4) is 22.8 Å². The van der Waals surface area contributed by atoms with Crippen molar-refractivity contribution in [2.45, 2.75) is 6.92 Å². The number of pyridine rings is 1. The number of rotatable bonds is 0. The average Bonchev–Trinajstić information content (AvgIpc) is 3.02. The van der Waals surface area contributed by atoms with Gasteiger partial charge < -0.3 is 9.15 Å². The Morgan fingerprint density at radius 2 is 1.77 bits per heavy atom. The fraction of sp³-hybridized carbons (Fsp3) is 0.0870. The van der Waals surface area contributed by atoms with Gasteiger partial charge in [0.05, 0.1) is 16.3 Å². The summed E-state index contributed by atoms with van der Waals surface area (Å²) in [4.78, 5) is 0. The van der Waals surface area contributed by atoms with E-state index in [1.54, 1.807) is 0 Å². The molecule has 0 atom stereocenters. The molecule has 0 fully saturated rings. The lowest BCUT2D eigenvalue weighted by Crippen LogP contribution is -2.31. The lowest BCUT2D eigenvalue weighted by atomic mass is 9.94. The van der Waals surface area contributed by atoms with Crippen LogP contribution in [0.25, 0.3) is 44.0 Å². The minimum absolute atomic E-state index is 0.865. The molecule has 1 aliphatic heterocycles. The third kappa shape index (κ3) is 1.60. The molecule has 0 aliphatic carbocycles. The van der Waals surface area contributed by atoms with E-state index in [1.807, 2.05) is 30.3 Å². The molecule has 0 N–H and O–H groups in total. The highest BCUT2D eigenvalue weighted by atomic mass is 16.5. The van der Waals surface area contributed by atoms with E-state index in [4.69, 9.17) is 9.15 Å². The van der Waals surface area contributed by atoms with Gasteiger partial charge in [-0.15, -0.1) is 0 Å². The Labute approximate surface area is 150 Å². The first-order valence-corrected chi connectivity index (χ1v) is 8.77. The fourth-order valence-corrected chi connectivity index (χ4v) is 4.23. The molecule has 0 bridgehead atoms. The van der Waals surface area contributed by atoms with Crippen LogP contribution in [0.4, 0.5) is 0 Å². The Hall–Kier alpha value is -3.33. The van der Waals surface area contributed by atoms with Gasteiger partial charge in [-0.05, 0) is 30.7 Å². The molecule has 26 heavy (non-hydrogen) atoms. The summed E-state index contributed by atoms with van der Waals surface area (Å²) in [5.41, 5.74) is 5.33. The highest BCUT2D eigenvalue weighted by Crippen LogP contribution is 2.50. The van der Waals surface area contributed by atoms with Crippen LogP contribution in [-0.4, -0.2) is 0 Å². The third-order valence-electron chi connectivity index (χ3n) is 5.40. The second-order valence-corrected chi connectivity index (χ2v) is 6.97. The van der Waals surface area contributed by atoms with Crippen molar-refractivity contribution in [2.24, 2.45) is 7.05 Å². The zero-order valence-corrected chi connectivity index (χ0v) is 14.5. The highest BCUT2D eigenvalue weighted by molar-refractivity contribution is 6.18. The Kier molecular flexibility index (Phi) is 2.48. The summed E-state index contributed by atoms with van der Waals surface area (Å²) < 4.78 is 14.8. The van der Waals surface area contributed by atoms with Crippen LogP contribution >= 0.6 is 0 Å². The monoisotopic (exact) mass is 338 g/mol. The number of furan rings is 1. The van der Waals surface area contributed by atoms with Crippen molar-refractivity contribution >= 4 is 32.7 Å². The Bertz CT molecular complexity index is 1380. The topological polar surface area (TPSA) is 26.2 Å². The van der Waals surface area contributed by atoms with Crippen LogP contribution < -0.4 is 9.30 Å². The summed E-state index contributed by atoms with van der Waals surface area (Å²) in [6, 6.07) is 18.6. The number of hydrogen-bond donors (Lipinski definition) is 0. The molecule has 0 radical (unpaired) electrons. The van der Waals surface area contributed by atoms with Gasteiger partial charge in [0.25, 0.3) is 0 Å². The summed E-state index contributed by atoms with van der Waals surface area (Å²) in [5.74, 6) is 1.80. The second kappa shape index (κ2) is 4.64. The summed E-state index contributed by atoms with van der Waals surface area (Å²) in [6.07, 6.45) is 2.11. The number of ether oxygens (including phenoxy) is 1. The molecule has 0 amide bonds. The largest absolute Gasteiger partial charge is 0.456 e. The Morgan fingerprint density at radius 3 is 2.69 bits per heavy atom. The average molecular weight is 338 g/mol. The van der Waals surface area contributed by atoms with Gasteiger partial charge in [0, 0.05) is 16.8 Å². The normalized spacial score (nSPS) is 12.5. The summed E-state index contributed by atoms with van der Waals surface area (Å²) in [6.45, 7) is 2.14. The number of benzene rings is 3. The molecule has 124 valence electrons. The smallest absolute Gasteiger partial charge is 0.228 e. The molecule has 0 unspecified atom stereocenters. The summed E-state index contributed by atoms with van der Waals surface area (Å²) in [7, 11) is 2.10. The van der Waals surface area contributed by atoms with E-state index in [0.29, 0.717) is 0 Å². The number of hydrogen-bond acceptors (Lipinski definition) is 2. The van der Waals surface area contributed by atoms with Crippen molar-refractivity contribution in [2.75, 3.05) is 0 Å². The quantitative estimate of drug-likeness (QED) is 0.335. The van der Waals surface area contributed by atoms with Gasteiger partial charge >= 0.3 is 0 Å². The van der Waals surface area contributed by atoms with Gasteiger partial charge in [-0.2, -0.15) is 0 Å². The van der Waals surface area contributed by atoms with Crippen molar-refractivity contribution in [3.63, 3.8) is 0 Å². The molecule has 3 aromatic carbocycles. The minimum Gasteiger partial charge on any atom is -0.456 e. The van der Waals surface area contributed by atoms with E-state index >= 15 is 0 Å². The number of para-hydroxylation sites is 1. The third-order valence-corrected chi connectivity index (χ3v) is 5.40. The molecule has 3 nitrogen and oxygen atoms in total. The highest BCUT2D eigenvalue weighted by Gasteiger charge is 2.31. The first kappa shape index (κ1) is 13.9. The molecule has 0 spiro atoms. The van der Waals surface area contributed by atoms with E-state index in [1.165, 1.54) is 16.8 Å². The number of aryl methyl sites for hydroxylation is 2. The van der Waals surface area contributed by atoms with Gasteiger partial charge in [0.15, 0.2) is 11.9 Å². The van der Waals surface area contributed by atoms with Crippen molar-refractivity contribution in [1.29, 1.82) is 0 Å². The number of nitrogens with zero attached hydrogens (tertiary/aromatic N) is 1. The van der Waals surface area contributed by atoms with E-state index in [0.717, 1.165) is 44.2 Å². The summed E-state index contributed by atoms with van der Waals surface area (Å²) in [5, 5.41) is 4.42. The molecule has 6 rings (SSSR count). The van der Waals surface area contributed by atoms with Gasteiger partial charge in [0.2, 0.25) is 5.69 Å². The fourth-order valence-electron chi connectivity index (χ4n) is 4.23. The first-order valence-electron chi connectivity index (χ1n) is 8.77. The molecule has 2 aromatic heterocycles. The molecule has 5 aromatic rings. The Balaban J connectivity index is 1.92.